The highest BCUT2D eigenvalue weighted by molar-refractivity contribution is 5.90. The van der Waals surface area contributed by atoms with E-state index in [2.05, 4.69) is 14.7 Å². The van der Waals surface area contributed by atoms with E-state index in [4.69, 9.17) is 4.74 Å². The van der Waals surface area contributed by atoms with E-state index in [1.54, 1.807) is 30.6 Å². The first-order valence-corrected chi connectivity index (χ1v) is 5.29. The van der Waals surface area contributed by atoms with Crippen molar-refractivity contribution in [3.05, 3.63) is 42.2 Å². The molecule has 0 radical (unpaired) electrons. The highest BCUT2D eigenvalue weighted by Crippen LogP contribution is 2.20. The Kier molecular flexibility index (Phi) is 3.52. The summed E-state index contributed by atoms with van der Waals surface area (Å²) in [5.74, 6) is -0.369. The standard InChI is InChI=1S/C13H12N2O3/c1-17-12(16)10-5-3-4-9(6-10)11-7-14-13(18-2)15-8-11/h3-8H,1-2H3. The molecule has 0 aliphatic carbocycles. The lowest BCUT2D eigenvalue weighted by Crippen LogP contribution is -2.00. The molecule has 5 heteroatoms. The van der Waals surface area contributed by atoms with Gasteiger partial charge < -0.3 is 9.47 Å². The van der Waals surface area contributed by atoms with Crippen molar-refractivity contribution >= 4 is 5.97 Å². The van der Waals surface area contributed by atoms with Crippen LogP contribution in [0.4, 0.5) is 0 Å². The van der Waals surface area contributed by atoms with Gasteiger partial charge in [0.05, 0.1) is 19.8 Å². The second kappa shape index (κ2) is 5.27. The third kappa shape index (κ3) is 2.45. The summed E-state index contributed by atoms with van der Waals surface area (Å²) in [6.45, 7) is 0. The van der Waals surface area contributed by atoms with Crippen molar-refractivity contribution < 1.29 is 14.3 Å². The molecule has 92 valence electrons. The number of esters is 1. The SMILES string of the molecule is COC(=O)c1cccc(-c2cnc(OC)nc2)c1. The van der Waals surface area contributed by atoms with Crippen LogP contribution in [0.25, 0.3) is 11.1 Å². The van der Waals surface area contributed by atoms with Gasteiger partial charge in [0.15, 0.2) is 0 Å². The Labute approximate surface area is 104 Å². The Bertz CT molecular complexity index is 552. The normalized spacial score (nSPS) is 9.89. The summed E-state index contributed by atoms with van der Waals surface area (Å²) in [6, 6.07) is 7.39. The number of aromatic nitrogens is 2. The van der Waals surface area contributed by atoms with Gasteiger partial charge >= 0.3 is 12.0 Å². The summed E-state index contributed by atoms with van der Waals surface area (Å²) in [7, 11) is 2.86. The number of nitrogens with zero attached hydrogens (tertiary/aromatic N) is 2. The minimum Gasteiger partial charge on any atom is -0.467 e. The van der Waals surface area contributed by atoms with E-state index in [9.17, 15) is 4.79 Å². The molecule has 1 heterocycles. The average molecular weight is 244 g/mol. The van der Waals surface area contributed by atoms with Gasteiger partial charge in [-0.2, -0.15) is 0 Å². The molecule has 18 heavy (non-hydrogen) atoms. The summed E-state index contributed by atoms with van der Waals surface area (Å²) in [6.07, 6.45) is 3.28. The molecule has 0 saturated heterocycles. The zero-order valence-corrected chi connectivity index (χ0v) is 10.1. The fourth-order valence-corrected chi connectivity index (χ4v) is 1.51. The quantitative estimate of drug-likeness (QED) is 0.772. The van der Waals surface area contributed by atoms with Crippen molar-refractivity contribution in [2.45, 2.75) is 0 Å². The van der Waals surface area contributed by atoms with Crippen LogP contribution in [0.1, 0.15) is 10.4 Å². The fraction of sp³-hybridized carbons (Fsp3) is 0.154. The van der Waals surface area contributed by atoms with E-state index in [0.717, 1.165) is 11.1 Å². The number of carbonyl (C=O) groups is 1. The van der Waals surface area contributed by atoms with Gasteiger partial charge in [-0.05, 0) is 17.7 Å². The number of ether oxygens (including phenoxy) is 2. The third-order valence-corrected chi connectivity index (χ3v) is 2.43. The Balaban J connectivity index is 2.35. The maximum absolute atomic E-state index is 11.4. The van der Waals surface area contributed by atoms with E-state index in [1.807, 2.05) is 6.07 Å². The summed E-state index contributed by atoms with van der Waals surface area (Å²) in [5, 5.41) is 0. The van der Waals surface area contributed by atoms with Crippen LogP contribution in [-0.4, -0.2) is 30.2 Å². The Morgan fingerprint density at radius 2 is 1.83 bits per heavy atom. The first-order valence-electron chi connectivity index (χ1n) is 5.29. The van der Waals surface area contributed by atoms with Crippen LogP contribution < -0.4 is 4.74 Å². The molecule has 0 bridgehead atoms. The molecular formula is C13H12N2O3. The topological polar surface area (TPSA) is 61.3 Å². The molecule has 2 aromatic rings. The van der Waals surface area contributed by atoms with Gasteiger partial charge in [-0.3, -0.25) is 0 Å². The largest absolute Gasteiger partial charge is 0.467 e. The smallest absolute Gasteiger partial charge is 0.337 e. The number of benzene rings is 1. The van der Waals surface area contributed by atoms with Crippen molar-refractivity contribution in [1.29, 1.82) is 0 Å². The minimum atomic E-state index is -0.369. The number of carbonyl (C=O) groups excluding carboxylic acids is 1. The molecule has 0 N–H and O–H groups in total. The lowest BCUT2D eigenvalue weighted by molar-refractivity contribution is 0.0601. The predicted molar refractivity (Wildman–Crippen MR) is 65.4 cm³/mol. The molecule has 0 unspecified atom stereocenters. The van der Waals surface area contributed by atoms with Crippen LogP contribution in [-0.2, 0) is 4.74 Å². The van der Waals surface area contributed by atoms with Crippen LogP contribution in [0.15, 0.2) is 36.7 Å². The van der Waals surface area contributed by atoms with Crippen molar-refractivity contribution in [3.63, 3.8) is 0 Å². The van der Waals surface area contributed by atoms with Gasteiger partial charge in [0.1, 0.15) is 0 Å². The number of hydrogen-bond acceptors (Lipinski definition) is 5. The zero-order valence-electron chi connectivity index (χ0n) is 10.1. The molecule has 5 nitrogen and oxygen atoms in total. The van der Waals surface area contributed by atoms with E-state index in [1.165, 1.54) is 14.2 Å². The van der Waals surface area contributed by atoms with Gasteiger partial charge in [-0.15, -0.1) is 0 Å². The molecule has 0 atom stereocenters. The molecule has 0 aliphatic rings. The first-order chi connectivity index (χ1) is 8.74. The van der Waals surface area contributed by atoms with E-state index in [0.29, 0.717) is 11.6 Å². The van der Waals surface area contributed by atoms with Crippen LogP contribution in [0.3, 0.4) is 0 Å². The van der Waals surface area contributed by atoms with Crippen LogP contribution >= 0.6 is 0 Å². The molecule has 0 saturated carbocycles. The molecule has 0 fully saturated rings. The van der Waals surface area contributed by atoms with Crippen LogP contribution in [0.5, 0.6) is 6.01 Å². The van der Waals surface area contributed by atoms with Gasteiger partial charge in [-0.25, -0.2) is 14.8 Å². The number of hydrogen-bond donors (Lipinski definition) is 0. The highest BCUT2D eigenvalue weighted by Gasteiger charge is 2.07. The first kappa shape index (κ1) is 12.0. The molecule has 0 aliphatic heterocycles. The van der Waals surface area contributed by atoms with Gasteiger partial charge in [0.2, 0.25) is 0 Å². The average Bonchev–Trinajstić information content (AvgIpc) is 2.46. The zero-order chi connectivity index (χ0) is 13.0. The van der Waals surface area contributed by atoms with Crippen molar-refractivity contribution in [3.8, 4) is 17.1 Å². The Morgan fingerprint density at radius 3 is 2.44 bits per heavy atom. The number of rotatable bonds is 3. The fourth-order valence-electron chi connectivity index (χ4n) is 1.51. The maximum atomic E-state index is 11.4. The predicted octanol–water partition coefficient (Wildman–Crippen LogP) is 1.94. The second-order valence-electron chi connectivity index (χ2n) is 3.53. The molecular weight excluding hydrogens is 232 g/mol. The van der Waals surface area contributed by atoms with Gasteiger partial charge in [0.25, 0.3) is 0 Å². The maximum Gasteiger partial charge on any atom is 0.337 e. The molecule has 0 spiro atoms. The lowest BCUT2D eigenvalue weighted by Gasteiger charge is -2.04. The summed E-state index contributed by atoms with van der Waals surface area (Å²) >= 11 is 0. The highest BCUT2D eigenvalue weighted by atomic mass is 16.5. The molecule has 1 aromatic carbocycles. The number of methoxy groups -OCH3 is 2. The van der Waals surface area contributed by atoms with Crippen molar-refractivity contribution in [2.24, 2.45) is 0 Å². The summed E-state index contributed by atoms with van der Waals surface area (Å²) < 4.78 is 9.56. The minimum absolute atomic E-state index is 0.308. The van der Waals surface area contributed by atoms with Gasteiger partial charge in [0, 0.05) is 18.0 Å². The second-order valence-corrected chi connectivity index (χ2v) is 3.53. The summed E-state index contributed by atoms with van der Waals surface area (Å²) in [4.78, 5) is 19.5. The van der Waals surface area contributed by atoms with E-state index >= 15 is 0 Å². The third-order valence-electron chi connectivity index (χ3n) is 2.43. The lowest BCUT2D eigenvalue weighted by atomic mass is 10.1. The Hall–Kier alpha value is -2.43. The molecule has 0 amide bonds. The van der Waals surface area contributed by atoms with Crippen LogP contribution in [0.2, 0.25) is 0 Å². The van der Waals surface area contributed by atoms with Gasteiger partial charge in [-0.1, -0.05) is 12.1 Å². The Morgan fingerprint density at radius 1 is 1.11 bits per heavy atom. The van der Waals surface area contributed by atoms with E-state index < -0.39 is 0 Å². The van der Waals surface area contributed by atoms with E-state index in [-0.39, 0.29) is 5.97 Å². The van der Waals surface area contributed by atoms with Crippen molar-refractivity contribution in [1.82, 2.24) is 9.97 Å². The molecule has 1 aromatic heterocycles. The van der Waals surface area contributed by atoms with Crippen molar-refractivity contribution in [2.75, 3.05) is 14.2 Å². The van der Waals surface area contributed by atoms with Crippen LogP contribution in [0, 0.1) is 0 Å². The monoisotopic (exact) mass is 244 g/mol. The summed E-state index contributed by atoms with van der Waals surface area (Å²) in [5.41, 5.74) is 2.15. The molecule has 2 rings (SSSR count).